The van der Waals surface area contributed by atoms with E-state index in [1.807, 2.05) is 13.8 Å². The highest BCUT2D eigenvalue weighted by molar-refractivity contribution is 14.0. The molecule has 1 amide bonds. The van der Waals surface area contributed by atoms with Crippen molar-refractivity contribution in [1.82, 2.24) is 15.5 Å². The monoisotopic (exact) mass is 506 g/mol. The largest absolute Gasteiger partial charge is 0.378 e. The fourth-order valence-corrected chi connectivity index (χ4v) is 3.06. The van der Waals surface area contributed by atoms with E-state index in [-0.39, 0.29) is 35.7 Å². The number of carbonyl (C=O) groups excluding carboxylic acids is 1. The number of hydrogen-bond donors (Lipinski definition) is 2. The molecule has 0 radical (unpaired) electrons. The summed E-state index contributed by atoms with van der Waals surface area (Å²) in [6, 6.07) is 4.50. The van der Waals surface area contributed by atoms with Gasteiger partial charge >= 0.3 is 0 Å². The third-order valence-electron chi connectivity index (χ3n) is 4.57. The fraction of sp³-hybridized carbons (Fsp3) is 0.600. The second kappa shape index (κ2) is 12.9. The summed E-state index contributed by atoms with van der Waals surface area (Å²) >= 11 is 0. The molecule has 2 N–H and O–H groups in total. The summed E-state index contributed by atoms with van der Waals surface area (Å²) in [5.41, 5.74) is 0.853. The Balaban J connectivity index is 0.00000392. The fourth-order valence-electron chi connectivity index (χ4n) is 3.06. The van der Waals surface area contributed by atoms with Crippen LogP contribution in [0.4, 0.5) is 4.39 Å². The van der Waals surface area contributed by atoms with Crippen molar-refractivity contribution >= 4 is 35.8 Å². The van der Waals surface area contributed by atoms with Gasteiger partial charge in [0.1, 0.15) is 5.82 Å². The first-order chi connectivity index (χ1) is 13.0. The Hall–Kier alpha value is -1.42. The molecule has 1 heterocycles. The number of piperidine rings is 1. The third kappa shape index (κ3) is 7.54. The van der Waals surface area contributed by atoms with Crippen molar-refractivity contribution in [1.29, 1.82) is 0 Å². The van der Waals surface area contributed by atoms with Crippen molar-refractivity contribution in [2.24, 2.45) is 4.99 Å². The van der Waals surface area contributed by atoms with Gasteiger partial charge in [-0.2, -0.15) is 0 Å². The molecule has 1 aromatic rings. The van der Waals surface area contributed by atoms with Gasteiger partial charge in [-0.1, -0.05) is 6.07 Å². The Morgan fingerprint density at radius 2 is 2.00 bits per heavy atom. The van der Waals surface area contributed by atoms with E-state index in [1.165, 1.54) is 6.07 Å². The van der Waals surface area contributed by atoms with Crippen molar-refractivity contribution in [3.05, 3.63) is 35.1 Å². The zero-order valence-corrected chi connectivity index (χ0v) is 19.3. The third-order valence-corrected chi connectivity index (χ3v) is 4.57. The maximum atomic E-state index is 13.6. The van der Waals surface area contributed by atoms with Gasteiger partial charge in [0.05, 0.1) is 12.6 Å². The molecule has 1 fully saturated rings. The smallest absolute Gasteiger partial charge is 0.251 e. The lowest BCUT2D eigenvalue weighted by atomic mass is 10.1. The SMILES string of the molecule is CCNC(=NCCNC(=O)c1ccc(C)c(F)c1)N1CCC(OCC)CC1.I. The number of likely N-dealkylation sites (tertiary alicyclic amines) is 1. The number of amides is 1. The van der Waals surface area contributed by atoms with Crippen molar-refractivity contribution < 1.29 is 13.9 Å². The summed E-state index contributed by atoms with van der Waals surface area (Å²) in [6.45, 7) is 9.96. The topological polar surface area (TPSA) is 66.0 Å². The van der Waals surface area contributed by atoms with Gasteiger partial charge in [-0.15, -0.1) is 24.0 Å². The van der Waals surface area contributed by atoms with Gasteiger partial charge in [-0.3, -0.25) is 9.79 Å². The van der Waals surface area contributed by atoms with Gasteiger partial charge in [0.15, 0.2) is 5.96 Å². The van der Waals surface area contributed by atoms with Crippen LogP contribution in [0.15, 0.2) is 23.2 Å². The number of guanidine groups is 1. The normalized spacial score (nSPS) is 15.1. The Bertz CT molecular complexity index is 649. The molecule has 158 valence electrons. The van der Waals surface area contributed by atoms with Crippen LogP contribution in [-0.4, -0.2) is 62.2 Å². The van der Waals surface area contributed by atoms with Gasteiger partial charge in [-0.25, -0.2) is 4.39 Å². The number of carbonyl (C=O) groups is 1. The maximum absolute atomic E-state index is 13.6. The maximum Gasteiger partial charge on any atom is 0.251 e. The number of nitrogens with one attached hydrogen (secondary N) is 2. The van der Waals surface area contributed by atoms with E-state index in [2.05, 4.69) is 20.5 Å². The van der Waals surface area contributed by atoms with Crippen LogP contribution >= 0.6 is 24.0 Å². The van der Waals surface area contributed by atoms with Crippen LogP contribution in [-0.2, 0) is 4.74 Å². The van der Waals surface area contributed by atoms with E-state index in [0.717, 1.165) is 45.0 Å². The quantitative estimate of drug-likeness (QED) is 0.259. The Morgan fingerprint density at radius 1 is 1.29 bits per heavy atom. The summed E-state index contributed by atoms with van der Waals surface area (Å²) < 4.78 is 19.3. The Kier molecular flexibility index (Phi) is 11.4. The molecule has 28 heavy (non-hydrogen) atoms. The standard InChI is InChI=1S/C20H31FN4O2.HI/c1-4-22-20(25-12-8-17(9-13-25)27-5-2)24-11-10-23-19(26)16-7-6-15(3)18(21)14-16;/h6-7,14,17H,4-5,8-13H2,1-3H3,(H,22,24)(H,23,26);1H. The van der Waals surface area contributed by atoms with Gasteiger partial charge in [-0.05, 0) is 51.3 Å². The Labute approximate surface area is 184 Å². The van der Waals surface area contributed by atoms with Gasteiger partial charge in [0, 0.05) is 38.3 Å². The zero-order valence-electron chi connectivity index (χ0n) is 17.0. The molecule has 0 atom stereocenters. The lowest BCUT2D eigenvalue weighted by molar-refractivity contribution is 0.0264. The van der Waals surface area contributed by atoms with Crippen LogP contribution in [0, 0.1) is 12.7 Å². The molecule has 0 spiro atoms. The summed E-state index contributed by atoms with van der Waals surface area (Å²) in [5.74, 6) is 0.209. The highest BCUT2D eigenvalue weighted by Crippen LogP contribution is 2.13. The number of hydrogen-bond acceptors (Lipinski definition) is 3. The number of aliphatic imine (C=N–C) groups is 1. The van der Waals surface area contributed by atoms with Gasteiger partial charge in [0.2, 0.25) is 0 Å². The van der Waals surface area contributed by atoms with Gasteiger partial charge < -0.3 is 20.3 Å². The highest BCUT2D eigenvalue weighted by Gasteiger charge is 2.21. The average molecular weight is 506 g/mol. The molecule has 0 saturated carbocycles. The van der Waals surface area contributed by atoms with E-state index in [0.29, 0.717) is 30.3 Å². The van der Waals surface area contributed by atoms with Crippen LogP contribution in [0.5, 0.6) is 0 Å². The van der Waals surface area contributed by atoms with E-state index in [9.17, 15) is 9.18 Å². The predicted molar refractivity (Wildman–Crippen MR) is 121 cm³/mol. The first-order valence-electron chi connectivity index (χ1n) is 9.74. The summed E-state index contributed by atoms with van der Waals surface area (Å²) in [4.78, 5) is 19.0. The minimum Gasteiger partial charge on any atom is -0.378 e. The van der Waals surface area contributed by atoms with Crippen LogP contribution in [0.3, 0.4) is 0 Å². The van der Waals surface area contributed by atoms with Crippen molar-refractivity contribution in [2.75, 3.05) is 39.3 Å². The van der Waals surface area contributed by atoms with E-state index in [4.69, 9.17) is 4.74 Å². The molecular weight excluding hydrogens is 474 g/mol. The molecule has 0 bridgehead atoms. The highest BCUT2D eigenvalue weighted by atomic mass is 127. The van der Waals surface area contributed by atoms with Crippen LogP contribution < -0.4 is 10.6 Å². The summed E-state index contributed by atoms with van der Waals surface area (Å²) in [7, 11) is 0. The lowest BCUT2D eigenvalue weighted by Crippen LogP contribution is -2.47. The Morgan fingerprint density at radius 3 is 2.61 bits per heavy atom. The lowest BCUT2D eigenvalue weighted by Gasteiger charge is -2.34. The van der Waals surface area contributed by atoms with Crippen molar-refractivity contribution in [3.63, 3.8) is 0 Å². The minimum absolute atomic E-state index is 0. The number of halogens is 2. The number of aryl methyl sites for hydroxylation is 1. The first kappa shape index (κ1) is 24.6. The van der Waals surface area contributed by atoms with Crippen molar-refractivity contribution in [3.8, 4) is 0 Å². The second-order valence-corrected chi connectivity index (χ2v) is 6.60. The molecule has 6 nitrogen and oxygen atoms in total. The van der Waals surface area contributed by atoms with E-state index in [1.54, 1.807) is 19.1 Å². The van der Waals surface area contributed by atoms with Crippen LogP contribution in [0.1, 0.15) is 42.6 Å². The summed E-state index contributed by atoms with van der Waals surface area (Å²) in [5, 5.41) is 6.10. The predicted octanol–water partition coefficient (Wildman–Crippen LogP) is 2.95. The number of benzene rings is 1. The minimum atomic E-state index is -0.370. The number of rotatable bonds is 7. The molecule has 2 rings (SSSR count). The second-order valence-electron chi connectivity index (χ2n) is 6.60. The van der Waals surface area contributed by atoms with Gasteiger partial charge in [0.25, 0.3) is 5.91 Å². The molecule has 1 aliphatic rings. The molecule has 1 aliphatic heterocycles. The first-order valence-corrected chi connectivity index (χ1v) is 9.74. The zero-order chi connectivity index (χ0) is 19.6. The molecule has 1 aromatic carbocycles. The molecule has 1 saturated heterocycles. The average Bonchev–Trinajstić information content (AvgIpc) is 2.67. The van der Waals surface area contributed by atoms with Crippen molar-refractivity contribution in [2.45, 2.75) is 39.7 Å². The molecule has 0 unspecified atom stereocenters. The van der Waals surface area contributed by atoms with E-state index < -0.39 is 0 Å². The van der Waals surface area contributed by atoms with Crippen LogP contribution in [0.25, 0.3) is 0 Å². The molecule has 0 aromatic heterocycles. The van der Waals surface area contributed by atoms with E-state index >= 15 is 0 Å². The summed E-state index contributed by atoms with van der Waals surface area (Å²) in [6.07, 6.45) is 2.32. The number of ether oxygens (including phenoxy) is 1. The number of nitrogens with zero attached hydrogens (tertiary/aromatic N) is 2. The van der Waals surface area contributed by atoms with Crippen LogP contribution in [0.2, 0.25) is 0 Å². The molecule has 8 heteroatoms. The molecular formula is C20H32FIN4O2. The molecule has 0 aliphatic carbocycles.